The zero-order valence-electron chi connectivity index (χ0n) is 14.8. The molecule has 1 atom stereocenters. The van der Waals surface area contributed by atoms with Gasteiger partial charge >= 0.3 is 0 Å². The first-order valence-corrected chi connectivity index (χ1v) is 8.66. The van der Waals surface area contributed by atoms with E-state index in [9.17, 15) is 14.7 Å². The summed E-state index contributed by atoms with van der Waals surface area (Å²) in [6.45, 7) is 5.13. The van der Waals surface area contributed by atoms with Gasteiger partial charge in [0, 0.05) is 12.1 Å². The number of phenols is 1. The molecule has 0 radical (unpaired) electrons. The molecule has 140 valence electrons. The first-order chi connectivity index (χ1) is 13.2. The molecular formula is C21H21NO5. The molecule has 6 nitrogen and oxygen atoms in total. The Kier molecular flexibility index (Phi) is 5.88. The topological polar surface area (TPSA) is 76.1 Å². The van der Waals surface area contributed by atoms with Crippen LogP contribution < -0.4 is 4.74 Å². The third-order valence-electron chi connectivity index (χ3n) is 4.49. The van der Waals surface area contributed by atoms with E-state index in [2.05, 4.69) is 6.58 Å². The Balaban J connectivity index is 1.79. The number of hydrogen-bond donors (Lipinski definition) is 1. The molecular weight excluding hydrogens is 346 g/mol. The molecule has 1 N–H and O–H groups in total. The summed E-state index contributed by atoms with van der Waals surface area (Å²) in [6, 6.07) is 11.6. The van der Waals surface area contributed by atoms with Gasteiger partial charge in [0.05, 0.1) is 30.4 Å². The Morgan fingerprint density at radius 1 is 1.30 bits per heavy atom. The van der Waals surface area contributed by atoms with Crippen LogP contribution in [0.1, 0.15) is 26.3 Å². The van der Waals surface area contributed by atoms with Gasteiger partial charge in [0.25, 0.3) is 5.91 Å². The number of carbonyl (C=O) groups excluding carboxylic acids is 2. The lowest BCUT2D eigenvalue weighted by molar-refractivity contribution is -0.0151. The number of amides is 1. The number of nitrogens with zero attached hydrogens (tertiary/aromatic N) is 1. The summed E-state index contributed by atoms with van der Waals surface area (Å²) in [6.07, 6.45) is 2.20. The Morgan fingerprint density at radius 2 is 2.11 bits per heavy atom. The summed E-state index contributed by atoms with van der Waals surface area (Å²) in [5, 5.41) is 9.85. The van der Waals surface area contributed by atoms with Crippen LogP contribution in [0.5, 0.6) is 11.5 Å². The third kappa shape index (κ3) is 4.01. The number of phenolic OH excluding ortho intramolecular Hbond substituents is 1. The minimum absolute atomic E-state index is 0.00865. The Morgan fingerprint density at radius 3 is 2.89 bits per heavy atom. The maximum Gasteiger partial charge on any atom is 0.255 e. The zero-order valence-corrected chi connectivity index (χ0v) is 14.8. The van der Waals surface area contributed by atoms with E-state index in [4.69, 9.17) is 9.47 Å². The van der Waals surface area contributed by atoms with Gasteiger partial charge in [-0.3, -0.25) is 9.59 Å². The second kappa shape index (κ2) is 8.51. The highest BCUT2D eigenvalue weighted by molar-refractivity contribution is 6.03. The van der Waals surface area contributed by atoms with Gasteiger partial charge in [-0.15, -0.1) is 0 Å². The van der Waals surface area contributed by atoms with Crippen LogP contribution in [-0.4, -0.2) is 54.6 Å². The number of carbonyl (C=O) groups is 2. The molecule has 1 saturated heterocycles. The van der Waals surface area contributed by atoms with Crippen LogP contribution in [0.25, 0.3) is 6.08 Å². The molecule has 2 aromatic carbocycles. The van der Waals surface area contributed by atoms with Gasteiger partial charge in [-0.2, -0.15) is 0 Å². The average molecular weight is 367 g/mol. The van der Waals surface area contributed by atoms with E-state index >= 15 is 0 Å². The number of rotatable bonds is 6. The molecule has 0 aliphatic carbocycles. The summed E-state index contributed by atoms with van der Waals surface area (Å²) in [5.41, 5.74) is 1.03. The van der Waals surface area contributed by atoms with Crippen LogP contribution in [0, 0.1) is 0 Å². The summed E-state index contributed by atoms with van der Waals surface area (Å²) < 4.78 is 11.4. The van der Waals surface area contributed by atoms with Crippen molar-refractivity contribution in [2.45, 2.75) is 6.04 Å². The second-order valence-corrected chi connectivity index (χ2v) is 6.14. The number of benzene rings is 2. The van der Waals surface area contributed by atoms with Crippen molar-refractivity contribution >= 4 is 18.3 Å². The van der Waals surface area contributed by atoms with E-state index in [0.29, 0.717) is 31.8 Å². The highest BCUT2D eigenvalue weighted by Crippen LogP contribution is 2.23. The molecule has 1 amide bonds. The van der Waals surface area contributed by atoms with E-state index < -0.39 is 0 Å². The summed E-state index contributed by atoms with van der Waals surface area (Å²) in [4.78, 5) is 25.9. The van der Waals surface area contributed by atoms with Gasteiger partial charge in [0.15, 0.2) is 6.29 Å². The monoisotopic (exact) mass is 367 g/mol. The van der Waals surface area contributed by atoms with Gasteiger partial charge in [-0.05, 0) is 18.2 Å². The van der Waals surface area contributed by atoms with Crippen molar-refractivity contribution in [3.05, 3.63) is 65.7 Å². The molecule has 0 spiro atoms. The van der Waals surface area contributed by atoms with Crippen LogP contribution in [0.4, 0.5) is 0 Å². The Bertz CT molecular complexity index is 848. The van der Waals surface area contributed by atoms with E-state index in [1.807, 2.05) is 24.3 Å². The molecule has 0 unspecified atom stereocenters. The molecule has 1 aliphatic heterocycles. The van der Waals surface area contributed by atoms with E-state index in [1.165, 1.54) is 12.1 Å². The molecule has 0 bridgehead atoms. The molecule has 6 heteroatoms. The number of para-hydroxylation sites is 1. The predicted molar refractivity (Wildman–Crippen MR) is 101 cm³/mol. The van der Waals surface area contributed by atoms with E-state index in [-0.39, 0.29) is 35.4 Å². The maximum atomic E-state index is 13.0. The highest BCUT2D eigenvalue weighted by Gasteiger charge is 2.30. The summed E-state index contributed by atoms with van der Waals surface area (Å²) in [5.74, 6) is 0.134. The fourth-order valence-electron chi connectivity index (χ4n) is 3.04. The van der Waals surface area contributed by atoms with Crippen molar-refractivity contribution in [2.75, 3.05) is 26.4 Å². The van der Waals surface area contributed by atoms with Crippen LogP contribution in [0.2, 0.25) is 0 Å². The van der Waals surface area contributed by atoms with Gasteiger partial charge in [-0.1, -0.05) is 36.9 Å². The van der Waals surface area contributed by atoms with Gasteiger partial charge < -0.3 is 19.5 Å². The van der Waals surface area contributed by atoms with E-state index in [1.54, 1.807) is 17.0 Å². The van der Waals surface area contributed by atoms with Gasteiger partial charge in [-0.25, -0.2) is 0 Å². The molecule has 0 saturated carbocycles. The predicted octanol–water partition coefficient (Wildman–Crippen LogP) is 2.77. The first kappa shape index (κ1) is 18.7. The third-order valence-corrected chi connectivity index (χ3v) is 4.49. The van der Waals surface area contributed by atoms with Crippen molar-refractivity contribution in [1.82, 2.24) is 4.90 Å². The molecule has 3 rings (SSSR count). The standard InChI is InChI=1S/C21H21NO5/c1-2-15-6-3-4-9-20(15)27-14-16-13-26-11-10-22(16)21(25)17-7-5-8-19(24)18(17)12-23/h2-9,12,16,24H,1,10-11,13-14H2/t16-/m0/s1. The molecule has 1 fully saturated rings. The van der Waals surface area contributed by atoms with Crippen LogP contribution in [0.3, 0.4) is 0 Å². The maximum absolute atomic E-state index is 13.0. The van der Waals surface area contributed by atoms with Crippen LogP contribution >= 0.6 is 0 Å². The van der Waals surface area contributed by atoms with Crippen molar-refractivity contribution in [3.63, 3.8) is 0 Å². The molecule has 0 aromatic heterocycles. The largest absolute Gasteiger partial charge is 0.507 e. The lowest BCUT2D eigenvalue weighted by Gasteiger charge is -2.35. The first-order valence-electron chi connectivity index (χ1n) is 8.66. The fourth-order valence-corrected chi connectivity index (χ4v) is 3.04. The van der Waals surface area contributed by atoms with Crippen LogP contribution in [-0.2, 0) is 4.74 Å². The molecule has 1 aliphatic rings. The van der Waals surface area contributed by atoms with Crippen LogP contribution in [0.15, 0.2) is 49.0 Å². The lowest BCUT2D eigenvalue weighted by Crippen LogP contribution is -2.51. The normalized spacial score (nSPS) is 16.6. The number of aldehydes is 1. The second-order valence-electron chi connectivity index (χ2n) is 6.14. The smallest absolute Gasteiger partial charge is 0.255 e. The van der Waals surface area contributed by atoms with Crippen molar-refractivity contribution in [1.29, 1.82) is 0 Å². The Labute approximate surface area is 157 Å². The number of aromatic hydroxyl groups is 1. The molecule has 1 heterocycles. The van der Waals surface area contributed by atoms with Gasteiger partial charge in [0.1, 0.15) is 18.1 Å². The number of morpholine rings is 1. The zero-order chi connectivity index (χ0) is 19.2. The number of ether oxygens (including phenoxy) is 2. The quantitative estimate of drug-likeness (QED) is 0.795. The molecule has 27 heavy (non-hydrogen) atoms. The van der Waals surface area contributed by atoms with Crippen molar-refractivity contribution in [3.8, 4) is 11.5 Å². The summed E-state index contributed by atoms with van der Waals surface area (Å²) >= 11 is 0. The van der Waals surface area contributed by atoms with E-state index in [0.717, 1.165) is 5.56 Å². The minimum Gasteiger partial charge on any atom is -0.507 e. The SMILES string of the molecule is C=Cc1ccccc1OC[C@@H]1COCCN1C(=O)c1cccc(O)c1C=O. The lowest BCUT2D eigenvalue weighted by atomic mass is 10.0. The van der Waals surface area contributed by atoms with Crippen molar-refractivity contribution < 1.29 is 24.2 Å². The minimum atomic E-state index is -0.332. The van der Waals surface area contributed by atoms with Gasteiger partial charge in [0.2, 0.25) is 0 Å². The van der Waals surface area contributed by atoms with Crippen molar-refractivity contribution in [2.24, 2.45) is 0 Å². The Hall–Kier alpha value is -3.12. The fraction of sp³-hybridized carbons (Fsp3) is 0.238. The summed E-state index contributed by atoms with van der Waals surface area (Å²) in [7, 11) is 0. The number of hydrogen-bond acceptors (Lipinski definition) is 5. The molecule has 2 aromatic rings. The average Bonchev–Trinajstić information content (AvgIpc) is 2.72. The highest BCUT2D eigenvalue weighted by atomic mass is 16.5.